The van der Waals surface area contributed by atoms with Gasteiger partial charge in [0.2, 0.25) is 6.54 Å². The Morgan fingerprint density at radius 3 is 2.48 bits per heavy atom. The zero-order valence-corrected chi connectivity index (χ0v) is 13.7. The van der Waals surface area contributed by atoms with Crippen molar-refractivity contribution < 1.29 is 4.92 Å². The second kappa shape index (κ2) is 6.60. The number of benzene rings is 2. The van der Waals surface area contributed by atoms with Gasteiger partial charge in [-0.2, -0.15) is 0 Å². The van der Waals surface area contributed by atoms with Crippen molar-refractivity contribution in [2.24, 2.45) is 0 Å². The molecule has 1 unspecified atom stereocenters. The predicted octanol–water partition coefficient (Wildman–Crippen LogP) is 4.80. The van der Waals surface area contributed by atoms with Crippen LogP contribution in [0.5, 0.6) is 0 Å². The van der Waals surface area contributed by atoms with E-state index in [9.17, 15) is 10.1 Å². The van der Waals surface area contributed by atoms with Crippen molar-refractivity contribution in [1.82, 2.24) is 4.90 Å². The van der Waals surface area contributed by atoms with E-state index in [1.165, 1.54) is 0 Å². The molecule has 4 nitrogen and oxygen atoms in total. The first-order chi connectivity index (χ1) is 11.1. The molecule has 2 aromatic rings. The smallest absolute Gasteiger partial charge is 0.228 e. The van der Waals surface area contributed by atoms with Crippen molar-refractivity contribution >= 4 is 29.3 Å². The molecule has 23 heavy (non-hydrogen) atoms. The molecule has 1 aliphatic heterocycles. The van der Waals surface area contributed by atoms with E-state index in [4.69, 9.17) is 23.2 Å². The van der Waals surface area contributed by atoms with Crippen LogP contribution >= 0.6 is 23.2 Å². The van der Waals surface area contributed by atoms with Crippen molar-refractivity contribution in [2.75, 3.05) is 6.54 Å². The van der Waals surface area contributed by atoms with Gasteiger partial charge < -0.3 is 4.90 Å². The Bertz CT molecular complexity index is 757. The Kier molecular flexibility index (Phi) is 4.55. The second-order valence-electron chi connectivity index (χ2n) is 5.35. The second-order valence-corrected chi connectivity index (χ2v) is 6.16. The van der Waals surface area contributed by atoms with Gasteiger partial charge in [-0.05, 0) is 29.3 Å². The third kappa shape index (κ3) is 3.33. The third-order valence-electron chi connectivity index (χ3n) is 3.93. The zero-order chi connectivity index (χ0) is 16.4. The molecule has 0 fully saturated rings. The first-order valence-electron chi connectivity index (χ1n) is 7.14. The highest BCUT2D eigenvalue weighted by Crippen LogP contribution is 2.34. The van der Waals surface area contributed by atoms with Gasteiger partial charge in [-0.25, -0.2) is 0 Å². The van der Waals surface area contributed by atoms with E-state index in [1.807, 2.05) is 41.4 Å². The largest absolute Gasteiger partial charge is 0.360 e. The van der Waals surface area contributed by atoms with Crippen LogP contribution in [0.3, 0.4) is 0 Å². The zero-order valence-electron chi connectivity index (χ0n) is 12.2. The number of fused-ring (bicyclic) bond motifs is 1. The molecule has 1 heterocycles. The van der Waals surface area contributed by atoms with Gasteiger partial charge in [-0.15, -0.1) is 0 Å². The fourth-order valence-corrected chi connectivity index (χ4v) is 3.31. The molecular weight excluding hydrogens is 335 g/mol. The van der Waals surface area contributed by atoms with Crippen molar-refractivity contribution in [2.45, 2.75) is 12.6 Å². The van der Waals surface area contributed by atoms with E-state index >= 15 is 0 Å². The summed E-state index contributed by atoms with van der Waals surface area (Å²) in [5.74, 6) is 0. The van der Waals surface area contributed by atoms with Gasteiger partial charge in [-0.1, -0.05) is 53.5 Å². The average Bonchev–Trinajstić information content (AvgIpc) is 2.52. The summed E-state index contributed by atoms with van der Waals surface area (Å²) in [6.45, 7) is 0.241. The van der Waals surface area contributed by atoms with E-state index in [0.29, 0.717) is 16.6 Å². The van der Waals surface area contributed by atoms with Gasteiger partial charge in [-0.3, -0.25) is 10.1 Å². The number of rotatable bonds is 4. The summed E-state index contributed by atoms with van der Waals surface area (Å²) in [5, 5.41) is 12.2. The molecule has 1 atom stereocenters. The number of nitro groups is 1. The lowest BCUT2D eigenvalue weighted by Gasteiger charge is -2.33. The molecule has 0 bridgehead atoms. The first kappa shape index (κ1) is 15.8. The molecule has 1 aliphatic rings. The summed E-state index contributed by atoms with van der Waals surface area (Å²) in [6.07, 6.45) is 3.83. The summed E-state index contributed by atoms with van der Waals surface area (Å²) in [5.41, 5.74) is 2.71. The molecular formula is C17H14Cl2N2O2. The summed E-state index contributed by atoms with van der Waals surface area (Å²) in [7, 11) is 0. The molecule has 2 aromatic carbocycles. The van der Waals surface area contributed by atoms with Gasteiger partial charge >= 0.3 is 0 Å². The normalized spacial score (nSPS) is 16.3. The van der Waals surface area contributed by atoms with Crippen LogP contribution in [0.25, 0.3) is 6.08 Å². The van der Waals surface area contributed by atoms with Gasteiger partial charge in [0.1, 0.15) is 6.04 Å². The molecule has 0 amide bonds. The molecule has 0 radical (unpaired) electrons. The molecule has 3 rings (SSSR count). The van der Waals surface area contributed by atoms with Crippen molar-refractivity contribution in [3.8, 4) is 0 Å². The van der Waals surface area contributed by atoms with Crippen LogP contribution in [0.4, 0.5) is 0 Å². The van der Waals surface area contributed by atoms with Crippen LogP contribution in [0, 0.1) is 10.1 Å². The van der Waals surface area contributed by atoms with Gasteiger partial charge in [0.15, 0.2) is 0 Å². The minimum absolute atomic E-state index is 0.177. The van der Waals surface area contributed by atoms with E-state index in [0.717, 1.165) is 16.7 Å². The molecule has 0 aliphatic carbocycles. The highest BCUT2D eigenvalue weighted by atomic mass is 35.5. The number of nitrogens with zero attached hydrogens (tertiary/aromatic N) is 2. The Balaban J connectivity index is 1.96. The molecule has 0 N–H and O–H groups in total. The SMILES string of the molecule is O=[N+]([O-])CC1c2ccccc2C=CN1Cc1c(Cl)cccc1Cl. The Labute approximate surface area is 144 Å². The van der Waals surface area contributed by atoms with E-state index in [1.54, 1.807) is 18.2 Å². The van der Waals surface area contributed by atoms with Gasteiger partial charge in [0.25, 0.3) is 0 Å². The Morgan fingerprint density at radius 2 is 1.78 bits per heavy atom. The monoisotopic (exact) mass is 348 g/mol. The van der Waals surface area contributed by atoms with Gasteiger partial charge in [0, 0.05) is 33.3 Å². The topological polar surface area (TPSA) is 46.4 Å². The lowest BCUT2D eigenvalue weighted by molar-refractivity contribution is -0.487. The van der Waals surface area contributed by atoms with Crippen molar-refractivity contribution in [3.63, 3.8) is 0 Å². The average molecular weight is 349 g/mol. The lowest BCUT2D eigenvalue weighted by Crippen LogP contribution is -2.31. The highest BCUT2D eigenvalue weighted by Gasteiger charge is 2.28. The molecule has 118 valence electrons. The minimum Gasteiger partial charge on any atom is -0.360 e. The van der Waals surface area contributed by atoms with Crippen LogP contribution in [0.15, 0.2) is 48.7 Å². The van der Waals surface area contributed by atoms with Crippen molar-refractivity contribution in [3.05, 3.63) is 85.5 Å². The fourth-order valence-electron chi connectivity index (χ4n) is 2.80. The summed E-state index contributed by atoms with van der Waals surface area (Å²) < 4.78 is 0. The first-order valence-corrected chi connectivity index (χ1v) is 7.89. The van der Waals surface area contributed by atoms with Crippen LogP contribution in [-0.2, 0) is 6.54 Å². The quantitative estimate of drug-likeness (QED) is 0.589. The predicted molar refractivity (Wildman–Crippen MR) is 92.1 cm³/mol. The molecule has 0 saturated carbocycles. The summed E-state index contributed by atoms with van der Waals surface area (Å²) in [4.78, 5) is 12.7. The Morgan fingerprint density at radius 1 is 1.09 bits per heavy atom. The summed E-state index contributed by atoms with van der Waals surface area (Å²) in [6, 6.07) is 12.7. The van der Waals surface area contributed by atoms with Crippen LogP contribution in [0.2, 0.25) is 10.0 Å². The Hall–Kier alpha value is -2.04. The number of halogens is 2. The molecule has 0 aromatic heterocycles. The van der Waals surface area contributed by atoms with E-state index < -0.39 is 0 Å². The van der Waals surface area contributed by atoms with Crippen molar-refractivity contribution in [1.29, 1.82) is 0 Å². The lowest BCUT2D eigenvalue weighted by atomic mass is 9.95. The maximum Gasteiger partial charge on any atom is 0.228 e. The highest BCUT2D eigenvalue weighted by molar-refractivity contribution is 6.35. The molecule has 0 spiro atoms. The van der Waals surface area contributed by atoms with Crippen LogP contribution in [0.1, 0.15) is 22.7 Å². The van der Waals surface area contributed by atoms with E-state index in [2.05, 4.69) is 0 Å². The molecule has 6 heteroatoms. The fraction of sp³-hybridized carbons (Fsp3) is 0.176. The van der Waals surface area contributed by atoms with Crippen LogP contribution in [-0.4, -0.2) is 16.4 Å². The minimum atomic E-state index is -0.349. The number of hydrogen-bond acceptors (Lipinski definition) is 3. The van der Waals surface area contributed by atoms with E-state index in [-0.39, 0.29) is 17.5 Å². The van der Waals surface area contributed by atoms with Gasteiger partial charge in [0.05, 0.1) is 0 Å². The van der Waals surface area contributed by atoms with Crippen LogP contribution < -0.4 is 0 Å². The maximum atomic E-state index is 11.1. The number of hydrogen-bond donors (Lipinski definition) is 0. The molecule has 0 saturated heterocycles. The summed E-state index contributed by atoms with van der Waals surface area (Å²) >= 11 is 12.5. The third-order valence-corrected chi connectivity index (χ3v) is 4.63. The maximum absolute atomic E-state index is 11.1. The standard InChI is InChI=1S/C17H14Cl2N2O2/c18-15-6-3-7-16(19)14(15)10-20-9-8-12-4-1-2-5-13(12)17(20)11-21(22)23/h1-9,17H,10-11H2.